The molecule has 148 valence electrons. The molecule has 28 heavy (non-hydrogen) atoms. The van der Waals surface area contributed by atoms with Gasteiger partial charge in [0.05, 0.1) is 15.4 Å². The van der Waals surface area contributed by atoms with E-state index in [1.807, 2.05) is 0 Å². The van der Waals surface area contributed by atoms with Crippen LogP contribution >= 0.6 is 0 Å². The molecule has 0 heterocycles. The SMILES string of the molecule is O=C(NCCNc1ccc(C(F)(F)F)cc1[N+](=O)[O-])c1ccc([N+](=O)[O-])cc1. The minimum absolute atomic E-state index is 0.00489. The molecule has 2 aromatic carbocycles. The molecule has 0 unspecified atom stereocenters. The maximum Gasteiger partial charge on any atom is 0.416 e. The van der Waals surface area contributed by atoms with E-state index in [2.05, 4.69) is 10.6 Å². The minimum atomic E-state index is -4.71. The van der Waals surface area contributed by atoms with Gasteiger partial charge in [0.25, 0.3) is 17.3 Å². The van der Waals surface area contributed by atoms with Gasteiger partial charge in [-0.2, -0.15) is 13.2 Å². The first-order valence-electron chi connectivity index (χ1n) is 7.72. The molecule has 1 amide bonds. The molecule has 0 saturated carbocycles. The number of hydrogen-bond acceptors (Lipinski definition) is 6. The Bertz CT molecular complexity index is 900. The van der Waals surface area contributed by atoms with Crippen molar-refractivity contribution in [3.8, 4) is 0 Å². The summed E-state index contributed by atoms with van der Waals surface area (Å²) in [4.78, 5) is 31.9. The van der Waals surface area contributed by atoms with Crippen LogP contribution in [0.15, 0.2) is 42.5 Å². The lowest BCUT2D eigenvalue weighted by Crippen LogP contribution is -2.28. The van der Waals surface area contributed by atoms with Crippen LogP contribution in [0.3, 0.4) is 0 Å². The van der Waals surface area contributed by atoms with Crippen LogP contribution in [-0.2, 0) is 6.18 Å². The van der Waals surface area contributed by atoms with Crippen molar-refractivity contribution in [3.05, 3.63) is 73.8 Å². The first-order valence-corrected chi connectivity index (χ1v) is 7.72. The van der Waals surface area contributed by atoms with Crippen LogP contribution in [0.5, 0.6) is 0 Å². The Balaban J connectivity index is 1.95. The lowest BCUT2D eigenvalue weighted by molar-refractivity contribution is -0.384. The van der Waals surface area contributed by atoms with Crippen molar-refractivity contribution in [2.45, 2.75) is 6.18 Å². The monoisotopic (exact) mass is 398 g/mol. The van der Waals surface area contributed by atoms with Crippen molar-refractivity contribution in [3.63, 3.8) is 0 Å². The van der Waals surface area contributed by atoms with E-state index in [0.29, 0.717) is 12.1 Å². The summed E-state index contributed by atoms with van der Waals surface area (Å²) in [7, 11) is 0. The number of carbonyl (C=O) groups excluding carboxylic acids is 1. The third-order valence-corrected chi connectivity index (χ3v) is 3.59. The summed E-state index contributed by atoms with van der Waals surface area (Å²) in [6.07, 6.45) is -4.71. The predicted octanol–water partition coefficient (Wildman–Crippen LogP) is 3.36. The number of nitro benzene ring substituents is 2. The molecule has 2 rings (SSSR count). The van der Waals surface area contributed by atoms with Gasteiger partial charge < -0.3 is 10.6 Å². The highest BCUT2D eigenvalue weighted by molar-refractivity contribution is 5.94. The van der Waals surface area contributed by atoms with E-state index in [0.717, 1.165) is 6.07 Å². The zero-order valence-electron chi connectivity index (χ0n) is 14.0. The van der Waals surface area contributed by atoms with E-state index >= 15 is 0 Å². The van der Waals surface area contributed by atoms with Crippen molar-refractivity contribution in [1.29, 1.82) is 0 Å². The van der Waals surface area contributed by atoms with Gasteiger partial charge in [0.1, 0.15) is 5.69 Å². The largest absolute Gasteiger partial charge is 0.416 e. The van der Waals surface area contributed by atoms with Crippen LogP contribution in [0.1, 0.15) is 15.9 Å². The standard InChI is InChI=1S/C16H13F3N4O5/c17-16(18,19)11-3-6-13(14(9-11)23(27)28)20-7-8-21-15(24)10-1-4-12(5-2-10)22(25)26/h1-6,9,20H,7-8H2,(H,21,24). The summed E-state index contributed by atoms with van der Waals surface area (Å²) in [6.45, 7) is 0.0128. The molecule has 9 nitrogen and oxygen atoms in total. The molecule has 0 aliphatic rings. The number of nitro groups is 2. The van der Waals surface area contributed by atoms with Crippen LogP contribution in [0, 0.1) is 20.2 Å². The minimum Gasteiger partial charge on any atom is -0.378 e. The number of non-ortho nitro benzene ring substituents is 1. The molecule has 0 spiro atoms. The average Bonchev–Trinajstić information content (AvgIpc) is 2.64. The Kier molecular flexibility index (Phi) is 6.13. The lowest BCUT2D eigenvalue weighted by Gasteiger charge is -2.11. The van der Waals surface area contributed by atoms with Gasteiger partial charge in [-0.15, -0.1) is 0 Å². The zero-order chi connectivity index (χ0) is 20.9. The van der Waals surface area contributed by atoms with Gasteiger partial charge in [-0.25, -0.2) is 0 Å². The number of hydrogen-bond donors (Lipinski definition) is 2. The number of benzene rings is 2. The number of rotatable bonds is 7. The first kappa shape index (κ1) is 20.6. The Morgan fingerprint density at radius 1 is 0.964 bits per heavy atom. The number of halogens is 3. The third-order valence-electron chi connectivity index (χ3n) is 3.59. The predicted molar refractivity (Wildman–Crippen MR) is 92.0 cm³/mol. The fraction of sp³-hybridized carbons (Fsp3) is 0.188. The molecule has 0 aliphatic carbocycles. The second-order valence-electron chi connectivity index (χ2n) is 5.47. The van der Waals surface area contributed by atoms with Crippen LogP contribution in [0.4, 0.5) is 30.2 Å². The van der Waals surface area contributed by atoms with Crippen LogP contribution in [0.2, 0.25) is 0 Å². The van der Waals surface area contributed by atoms with Crippen molar-refractivity contribution >= 4 is 23.0 Å². The Hall–Kier alpha value is -3.70. The molecule has 2 N–H and O–H groups in total. The summed E-state index contributed by atoms with van der Waals surface area (Å²) in [5, 5.41) is 26.6. The van der Waals surface area contributed by atoms with E-state index in [9.17, 15) is 38.2 Å². The zero-order valence-corrected chi connectivity index (χ0v) is 14.0. The molecule has 0 fully saturated rings. The molecular formula is C16H13F3N4O5. The molecule has 0 radical (unpaired) electrons. The fourth-order valence-corrected chi connectivity index (χ4v) is 2.22. The molecule has 2 aromatic rings. The number of amides is 1. The number of anilines is 1. The Morgan fingerprint density at radius 3 is 2.14 bits per heavy atom. The Morgan fingerprint density at radius 2 is 1.61 bits per heavy atom. The number of nitrogens with zero attached hydrogens (tertiary/aromatic N) is 2. The highest BCUT2D eigenvalue weighted by atomic mass is 19.4. The van der Waals surface area contributed by atoms with Crippen molar-refractivity contribution in [1.82, 2.24) is 5.32 Å². The average molecular weight is 398 g/mol. The second kappa shape index (κ2) is 8.33. The fourth-order valence-electron chi connectivity index (χ4n) is 2.22. The molecule has 0 saturated heterocycles. The smallest absolute Gasteiger partial charge is 0.378 e. The van der Waals surface area contributed by atoms with Crippen molar-refractivity contribution in [2.24, 2.45) is 0 Å². The molecule has 0 bridgehead atoms. The van der Waals surface area contributed by atoms with Gasteiger partial charge >= 0.3 is 6.18 Å². The quantitative estimate of drug-likeness (QED) is 0.418. The third kappa shape index (κ3) is 5.16. The van der Waals surface area contributed by atoms with E-state index in [1.165, 1.54) is 24.3 Å². The lowest BCUT2D eigenvalue weighted by atomic mass is 10.1. The van der Waals surface area contributed by atoms with E-state index in [1.54, 1.807) is 0 Å². The summed E-state index contributed by atoms with van der Waals surface area (Å²) >= 11 is 0. The van der Waals surface area contributed by atoms with Gasteiger partial charge in [0.2, 0.25) is 0 Å². The van der Waals surface area contributed by atoms with Gasteiger partial charge in [-0.3, -0.25) is 25.0 Å². The second-order valence-corrected chi connectivity index (χ2v) is 5.47. The highest BCUT2D eigenvalue weighted by Gasteiger charge is 2.33. The molecule has 12 heteroatoms. The summed E-state index contributed by atoms with van der Waals surface area (Å²) in [5.41, 5.74) is -2.01. The first-order chi connectivity index (χ1) is 13.1. The van der Waals surface area contributed by atoms with Gasteiger partial charge in [0, 0.05) is 36.9 Å². The molecular weight excluding hydrogens is 385 g/mol. The van der Waals surface area contributed by atoms with Gasteiger partial charge in [-0.1, -0.05) is 0 Å². The highest BCUT2D eigenvalue weighted by Crippen LogP contribution is 2.34. The van der Waals surface area contributed by atoms with Crippen LogP contribution < -0.4 is 10.6 Å². The van der Waals surface area contributed by atoms with Gasteiger partial charge in [0.15, 0.2) is 0 Å². The maximum atomic E-state index is 12.7. The summed E-state index contributed by atoms with van der Waals surface area (Å²) < 4.78 is 38.0. The number of alkyl halides is 3. The molecule has 0 aromatic heterocycles. The van der Waals surface area contributed by atoms with Crippen molar-refractivity contribution < 1.29 is 27.8 Å². The van der Waals surface area contributed by atoms with E-state index in [-0.39, 0.29) is 30.0 Å². The normalized spacial score (nSPS) is 11.0. The summed E-state index contributed by atoms with van der Waals surface area (Å²) in [6, 6.07) is 6.95. The summed E-state index contributed by atoms with van der Waals surface area (Å²) in [5.74, 6) is -0.529. The van der Waals surface area contributed by atoms with Crippen LogP contribution in [-0.4, -0.2) is 28.8 Å². The van der Waals surface area contributed by atoms with Crippen LogP contribution in [0.25, 0.3) is 0 Å². The Labute approximate surface area is 155 Å². The maximum absolute atomic E-state index is 12.7. The molecule has 0 atom stereocenters. The molecule has 0 aliphatic heterocycles. The topological polar surface area (TPSA) is 127 Å². The number of carbonyl (C=O) groups is 1. The number of nitrogens with one attached hydrogen (secondary N) is 2. The van der Waals surface area contributed by atoms with E-state index < -0.39 is 33.2 Å². The van der Waals surface area contributed by atoms with E-state index in [4.69, 9.17) is 0 Å². The van der Waals surface area contributed by atoms with Crippen molar-refractivity contribution in [2.75, 3.05) is 18.4 Å². The van der Waals surface area contributed by atoms with Gasteiger partial charge in [-0.05, 0) is 24.3 Å².